The minimum absolute atomic E-state index is 0.178. The second-order valence-corrected chi connectivity index (χ2v) is 7.13. The first-order valence-corrected chi connectivity index (χ1v) is 9.63. The maximum absolute atomic E-state index is 13.4. The average Bonchev–Trinajstić information content (AvgIpc) is 3.08. The number of rotatable bonds is 5. The fraction of sp³-hybridized carbons (Fsp3) is 0.0435. The molecule has 6 heteroatoms. The van der Waals surface area contributed by atoms with Gasteiger partial charge in [-0.2, -0.15) is 0 Å². The Labute approximate surface area is 175 Å². The number of ether oxygens (including phenoxy) is 2. The highest BCUT2D eigenvalue weighted by molar-refractivity contribution is 9.10. The molecule has 0 unspecified atom stereocenters. The van der Waals surface area contributed by atoms with E-state index in [1.165, 1.54) is 12.1 Å². The van der Waals surface area contributed by atoms with Crippen molar-refractivity contribution in [1.82, 2.24) is 0 Å². The first kappa shape index (κ1) is 19.1. The van der Waals surface area contributed by atoms with Crippen LogP contribution in [0.1, 0.15) is 16.7 Å². The van der Waals surface area contributed by atoms with Gasteiger partial charge in [0.2, 0.25) is 5.90 Å². The summed E-state index contributed by atoms with van der Waals surface area (Å²) in [5.74, 6) is -0.0479. The minimum atomic E-state index is -0.532. The lowest BCUT2D eigenvalue weighted by Gasteiger charge is -2.09. The van der Waals surface area contributed by atoms with E-state index in [1.54, 1.807) is 24.3 Å². The number of nitrogens with zero attached hydrogens (tertiary/aromatic N) is 1. The summed E-state index contributed by atoms with van der Waals surface area (Å²) in [5.41, 5.74) is 2.26. The molecule has 0 saturated carbocycles. The smallest absolute Gasteiger partial charge is 0.363 e. The van der Waals surface area contributed by atoms with E-state index in [9.17, 15) is 9.18 Å². The van der Waals surface area contributed by atoms with Gasteiger partial charge in [-0.15, -0.1) is 0 Å². The van der Waals surface area contributed by atoms with Crippen LogP contribution < -0.4 is 4.74 Å². The molecule has 4 nitrogen and oxygen atoms in total. The number of aliphatic imine (C=N–C) groups is 1. The largest absolute Gasteiger partial charge is 0.488 e. The van der Waals surface area contributed by atoms with Crippen LogP contribution in [0.4, 0.5) is 4.39 Å². The zero-order chi connectivity index (χ0) is 20.2. The first-order valence-electron chi connectivity index (χ1n) is 8.84. The average molecular weight is 452 g/mol. The van der Waals surface area contributed by atoms with E-state index in [2.05, 4.69) is 20.9 Å². The van der Waals surface area contributed by atoms with Crippen molar-refractivity contribution in [3.63, 3.8) is 0 Å². The quantitative estimate of drug-likeness (QED) is 0.379. The highest BCUT2D eigenvalue weighted by Crippen LogP contribution is 2.27. The van der Waals surface area contributed by atoms with Gasteiger partial charge in [0.15, 0.2) is 5.70 Å². The van der Waals surface area contributed by atoms with E-state index in [1.807, 2.05) is 42.5 Å². The number of halogens is 2. The van der Waals surface area contributed by atoms with Crippen molar-refractivity contribution in [2.45, 2.75) is 6.61 Å². The highest BCUT2D eigenvalue weighted by Gasteiger charge is 2.25. The number of hydrogen-bond donors (Lipinski definition) is 0. The Morgan fingerprint density at radius 3 is 2.66 bits per heavy atom. The van der Waals surface area contributed by atoms with E-state index >= 15 is 0 Å². The summed E-state index contributed by atoms with van der Waals surface area (Å²) in [7, 11) is 0. The zero-order valence-corrected chi connectivity index (χ0v) is 16.7. The van der Waals surface area contributed by atoms with Crippen LogP contribution >= 0.6 is 15.9 Å². The molecule has 0 amide bonds. The van der Waals surface area contributed by atoms with E-state index in [-0.39, 0.29) is 24.0 Å². The summed E-state index contributed by atoms with van der Waals surface area (Å²) in [4.78, 5) is 16.6. The van der Waals surface area contributed by atoms with Gasteiger partial charge in [0, 0.05) is 10.0 Å². The predicted octanol–water partition coefficient (Wildman–Crippen LogP) is 5.51. The second kappa shape index (κ2) is 8.41. The Bertz CT molecular complexity index is 1140. The van der Waals surface area contributed by atoms with Gasteiger partial charge in [-0.3, -0.25) is 0 Å². The predicted molar refractivity (Wildman–Crippen MR) is 112 cm³/mol. The molecule has 0 fully saturated rings. The number of carbonyl (C=O) groups excluding carboxylic acids is 1. The molecule has 0 N–H and O–H groups in total. The van der Waals surface area contributed by atoms with Crippen molar-refractivity contribution < 1.29 is 18.7 Å². The van der Waals surface area contributed by atoms with E-state index in [4.69, 9.17) is 9.47 Å². The maximum atomic E-state index is 13.4. The number of para-hydroxylation sites is 1. The van der Waals surface area contributed by atoms with Gasteiger partial charge in [-0.25, -0.2) is 14.2 Å². The van der Waals surface area contributed by atoms with Crippen LogP contribution in [0.15, 0.2) is 88.0 Å². The normalized spacial score (nSPS) is 14.6. The van der Waals surface area contributed by atoms with E-state index in [0.29, 0.717) is 22.4 Å². The second-order valence-electron chi connectivity index (χ2n) is 6.27. The van der Waals surface area contributed by atoms with Gasteiger partial charge >= 0.3 is 5.97 Å². The number of hydrogen-bond acceptors (Lipinski definition) is 4. The molecular formula is C23H15BrFNO3. The zero-order valence-electron chi connectivity index (χ0n) is 15.1. The molecule has 3 aromatic carbocycles. The lowest BCUT2D eigenvalue weighted by molar-refractivity contribution is -0.129. The Balaban J connectivity index is 1.60. The Hall–Kier alpha value is -3.25. The summed E-state index contributed by atoms with van der Waals surface area (Å²) >= 11 is 3.43. The third-order valence-corrected chi connectivity index (χ3v) is 4.91. The molecule has 0 saturated heterocycles. The first-order chi connectivity index (χ1) is 14.1. The summed E-state index contributed by atoms with van der Waals surface area (Å²) in [6.07, 6.45) is 1.62. The van der Waals surface area contributed by atoms with Crippen LogP contribution in [0.25, 0.3) is 6.08 Å². The van der Waals surface area contributed by atoms with Crippen LogP contribution in [-0.4, -0.2) is 11.9 Å². The molecule has 144 valence electrons. The Morgan fingerprint density at radius 1 is 1.03 bits per heavy atom. The lowest BCUT2D eigenvalue weighted by atomic mass is 10.1. The van der Waals surface area contributed by atoms with Crippen molar-refractivity contribution in [2.24, 2.45) is 4.99 Å². The third-order valence-electron chi connectivity index (χ3n) is 4.22. The molecule has 1 heterocycles. The number of esters is 1. The van der Waals surface area contributed by atoms with Crippen LogP contribution in [0.3, 0.4) is 0 Å². The molecule has 1 aliphatic heterocycles. The van der Waals surface area contributed by atoms with Crippen molar-refractivity contribution in [3.05, 3.63) is 105 Å². The van der Waals surface area contributed by atoms with Gasteiger partial charge < -0.3 is 9.47 Å². The number of benzene rings is 3. The van der Waals surface area contributed by atoms with Gasteiger partial charge in [-0.1, -0.05) is 42.5 Å². The van der Waals surface area contributed by atoms with Crippen LogP contribution in [0.5, 0.6) is 5.75 Å². The fourth-order valence-corrected chi connectivity index (χ4v) is 3.28. The molecule has 0 bridgehead atoms. The molecule has 29 heavy (non-hydrogen) atoms. The summed E-state index contributed by atoms with van der Waals surface area (Å²) < 4.78 is 25.3. The van der Waals surface area contributed by atoms with Crippen molar-refractivity contribution in [1.29, 1.82) is 0 Å². The monoisotopic (exact) mass is 451 g/mol. The molecule has 0 atom stereocenters. The van der Waals surface area contributed by atoms with E-state index in [0.717, 1.165) is 4.47 Å². The molecule has 0 aromatic heterocycles. The van der Waals surface area contributed by atoms with Crippen LogP contribution in [-0.2, 0) is 16.1 Å². The van der Waals surface area contributed by atoms with Crippen molar-refractivity contribution in [2.75, 3.05) is 0 Å². The molecule has 0 radical (unpaired) electrons. The molecule has 0 aliphatic carbocycles. The lowest BCUT2D eigenvalue weighted by Crippen LogP contribution is -2.06. The van der Waals surface area contributed by atoms with Gasteiger partial charge in [0.1, 0.15) is 18.2 Å². The fourth-order valence-electron chi connectivity index (χ4n) is 2.83. The summed E-state index contributed by atoms with van der Waals surface area (Å²) in [6, 6.07) is 20.8. The minimum Gasteiger partial charge on any atom is -0.488 e. The van der Waals surface area contributed by atoms with Gasteiger partial charge in [0.25, 0.3) is 0 Å². The molecular weight excluding hydrogens is 437 g/mol. The highest BCUT2D eigenvalue weighted by atomic mass is 79.9. The van der Waals surface area contributed by atoms with Gasteiger partial charge in [0.05, 0.1) is 5.56 Å². The molecule has 4 rings (SSSR count). The van der Waals surface area contributed by atoms with Crippen molar-refractivity contribution in [3.8, 4) is 5.75 Å². The van der Waals surface area contributed by atoms with Gasteiger partial charge in [-0.05, 0) is 57.9 Å². The Kier molecular flexibility index (Phi) is 5.53. The van der Waals surface area contributed by atoms with Crippen LogP contribution in [0.2, 0.25) is 0 Å². The standard InChI is InChI=1S/C23H15BrFNO3/c24-19-10-3-2-9-18(19)22-26-20(23(27)29-22)13-16-7-1-4-11-21(16)28-14-15-6-5-8-17(25)12-15/h1-13H,14H2/b20-13-. The number of cyclic esters (lactones) is 1. The number of carbonyl (C=O) groups is 1. The maximum Gasteiger partial charge on any atom is 0.363 e. The molecule has 3 aromatic rings. The summed E-state index contributed by atoms with van der Waals surface area (Å²) in [6.45, 7) is 0.202. The SMILES string of the molecule is O=C1OC(c2ccccc2Br)=N/C1=C\c1ccccc1OCc1cccc(F)c1. The molecule has 0 spiro atoms. The topological polar surface area (TPSA) is 47.9 Å². The van der Waals surface area contributed by atoms with Crippen molar-refractivity contribution >= 4 is 33.9 Å². The van der Waals surface area contributed by atoms with E-state index < -0.39 is 5.97 Å². The molecule has 1 aliphatic rings. The van der Waals surface area contributed by atoms with Crippen LogP contribution in [0, 0.1) is 5.82 Å². The Morgan fingerprint density at radius 2 is 1.83 bits per heavy atom. The third kappa shape index (κ3) is 4.43. The summed E-state index contributed by atoms with van der Waals surface area (Å²) in [5, 5.41) is 0.